The fraction of sp³-hybridized carbons (Fsp3) is 0.333. The molecule has 1 aliphatic rings. The van der Waals surface area contributed by atoms with Gasteiger partial charge in [0.1, 0.15) is 0 Å². The predicted octanol–water partition coefficient (Wildman–Crippen LogP) is 1.04. The summed E-state index contributed by atoms with van der Waals surface area (Å²) in [7, 11) is 0. The Morgan fingerprint density at radius 2 is 1.94 bits per heavy atom. The molecule has 1 amide bonds. The number of carboxylic acids is 1. The molecule has 0 saturated heterocycles. The van der Waals surface area contributed by atoms with Crippen LogP contribution < -0.4 is 0 Å². The minimum atomic E-state index is -1.38. The SMILES string of the molecule is CC1Cc2ccccc2CN1C(=O)C(=O)O. The minimum Gasteiger partial charge on any atom is -0.474 e. The topological polar surface area (TPSA) is 57.6 Å². The number of carbonyl (C=O) groups excluding carboxylic acids is 1. The van der Waals surface area contributed by atoms with Crippen molar-refractivity contribution >= 4 is 11.9 Å². The Morgan fingerprint density at radius 1 is 1.31 bits per heavy atom. The highest BCUT2D eigenvalue weighted by Crippen LogP contribution is 2.22. The summed E-state index contributed by atoms with van der Waals surface area (Å²) in [6.07, 6.45) is 0.717. The van der Waals surface area contributed by atoms with Gasteiger partial charge < -0.3 is 10.0 Å². The normalized spacial score (nSPS) is 19.1. The number of carboxylic acid groups (broad SMARTS) is 1. The van der Waals surface area contributed by atoms with Gasteiger partial charge in [-0.3, -0.25) is 4.79 Å². The maximum absolute atomic E-state index is 11.4. The fourth-order valence-corrected chi connectivity index (χ4v) is 2.07. The van der Waals surface area contributed by atoms with E-state index in [1.165, 1.54) is 10.5 Å². The molecule has 2 rings (SSSR count). The summed E-state index contributed by atoms with van der Waals surface area (Å²) in [4.78, 5) is 23.5. The molecule has 0 bridgehead atoms. The first-order valence-corrected chi connectivity index (χ1v) is 5.20. The molecule has 0 spiro atoms. The highest BCUT2D eigenvalue weighted by molar-refractivity contribution is 6.31. The fourth-order valence-electron chi connectivity index (χ4n) is 2.07. The Kier molecular flexibility index (Phi) is 2.64. The quantitative estimate of drug-likeness (QED) is 0.663. The van der Waals surface area contributed by atoms with E-state index in [2.05, 4.69) is 0 Å². The summed E-state index contributed by atoms with van der Waals surface area (Å²) >= 11 is 0. The minimum absolute atomic E-state index is 0.0569. The molecule has 1 aromatic rings. The second kappa shape index (κ2) is 3.96. The number of nitrogens with zero attached hydrogens (tertiary/aromatic N) is 1. The lowest BCUT2D eigenvalue weighted by molar-refractivity contribution is -0.157. The van der Waals surface area contributed by atoms with Gasteiger partial charge in [0.2, 0.25) is 0 Å². The van der Waals surface area contributed by atoms with Crippen molar-refractivity contribution in [3.05, 3.63) is 35.4 Å². The molecule has 0 radical (unpaired) electrons. The molecule has 4 heteroatoms. The first-order valence-electron chi connectivity index (χ1n) is 5.20. The first-order chi connectivity index (χ1) is 7.59. The molecule has 0 saturated carbocycles. The second-order valence-corrected chi connectivity index (χ2v) is 4.06. The van der Waals surface area contributed by atoms with Crippen molar-refractivity contribution in [2.45, 2.75) is 25.9 Å². The molecule has 1 unspecified atom stereocenters. The molecule has 1 aliphatic heterocycles. The zero-order valence-electron chi connectivity index (χ0n) is 9.01. The van der Waals surface area contributed by atoms with Gasteiger partial charge in [0.15, 0.2) is 0 Å². The van der Waals surface area contributed by atoms with Crippen LogP contribution in [0.15, 0.2) is 24.3 Å². The molecule has 16 heavy (non-hydrogen) atoms. The number of hydrogen-bond donors (Lipinski definition) is 1. The van der Waals surface area contributed by atoms with Crippen molar-refractivity contribution in [2.75, 3.05) is 0 Å². The maximum Gasteiger partial charge on any atom is 0.394 e. The van der Waals surface area contributed by atoms with Gasteiger partial charge in [-0.2, -0.15) is 0 Å². The van der Waals surface area contributed by atoms with E-state index in [1.807, 2.05) is 31.2 Å². The van der Waals surface area contributed by atoms with Crippen LogP contribution in [0, 0.1) is 0 Å². The van der Waals surface area contributed by atoms with E-state index < -0.39 is 11.9 Å². The largest absolute Gasteiger partial charge is 0.474 e. The van der Waals surface area contributed by atoms with Crippen molar-refractivity contribution in [3.63, 3.8) is 0 Å². The number of benzene rings is 1. The second-order valence-electron chi connectivity index (χ2n) is 4.06. The van der Waals surface area contributed by atoms with Crippen LogP contribution in [0.5, 0.6) is 0 Å². The van der Waals surface area contributed by atoms with Crippen LogP contribution in [-0.4, -0.2) is 27.9 Å². The lowest BCUT2D eigenvalue weighted by atomic mass is 9.95. The van der Waals surface area contributed by atoms with E-state index in [0.717, 1.165) is 12.0 Å². The summed E-state index contributed by atoms with van der Waals surface area (Å²) in [6.45, 7) is 2.26. The van der Waals surface area contributed by atoms with E-state index >= 15 is 0 Å². The Hall–Kier alpha value is -1.84. The molecular formula is C12H13NO3. The van der Waals surface area contributed by atoms with E-state index in [9.17, 15) is 9.59 Å². The highest BCUT2D eigenvalue weighted by Gasteiger charge is 2.29. The third-order valence-corrected chi connectivity index (χ3v) is 2.95. The van der Waals surface area contributed by atoms with Crippen LogP contribution in [0.2, 0.25) is 0 Å². The Balaban J connectivity index is 2.28. The number of aliphatic carboxylic acids is 1. The van der Waals surface area contributed by atoms with Crippen molar-refractivity contribution in [1.29, 1.82) is 0 Å². The van der Waals surface area contributed by atoms with Gasteiger partial charge >= 0.3 is 11.9 Å². The summed E-state index contributed by atoms with van der Waals surface area (Å²) in [5.74, 6) is -2.20. The Labute approximate surface area is 93.5 Å². The number of fused-ring (bicyclic) bond motifs is 1. The third kappa shape index (κ3) is 1.78. The third-order valence-electron chi connectivity index (χ3n) is 2.95. The molecule has 1 heterocycles. The van der Waals surface area contributed by atoms with Crippen molar-refractivity contribution < 1.29 is 14.7 Å². The van der Waals surface area contributed by atoms with Gasteiger partial charge in [0.05, 0.1) is 0 Å². The maximum atomic E-state index is 11.4. The number of hydrogen-bond acceptors (Lipinski definition) is 2. The molecule has 1 aromatic carbocycles. The van der Waals surface area contributed by atoms with Crippen LogP contribution in [0.25, 0.3) is 0 Å². The summed E-state index contributed by atoms with van der Waals surface area (Å²) in [6, 6.07) is 7.76. The van der Waals surface area contributed by atoms with Crippen LogP contribution in [0.4, 0.5) is 0 Å². The summed E-state index contributed by atoms with van der Waals surface area (Å²) in [5, 5.41) is 8.71. The molecule has 1 atom stereocenters. The average molecular weight is 219 g/mol. The monoisotopic (exact) mass is 219 g/mol. The summed E-state index contributed by atoms with van der Waals surface area (Å²) in [5.41, 5.74) is 2.24. The van der Waals surface area contributed by atoms with Crippen LogP contribution in [0.1, 0.15) is 18.1 Å². The van der Waals surface area contributed by atoms with E-state index in [0.29, 0.717) is 6.54 Å². The number of carbonyl (C=O) groups is 2. The van der Waals surface area contributed by atoms with E-state index in [4.69, 9.17) is 5.11 Å². The Bertz CT molecular complexity index is 442. The van der Waals surface area contributed by atoms with Gasteiger partial charge in [-0.1, -0.05) is 24.3 Å². The first kappa shape index (κ1) is 10.7. The molecular weight excluding hydrogens is 206 g/mol. The lowest BCUT2D eigenvalue weighted by Crippen LogP contribution is -2.45. The number of rotatable bonds is 0. The van der Waals surface area contributed by atoms with Gasteiger partial charge in [-0.05, 0) is 24.5 Å². The highest BCUT2D eigenvalue weighted by atomic mass is 16.4. The zero-order valence-corrected chi connectivity index (χ0v) is 9.01. The number of amides is 1. The molecule has 0 aliphatic carbocycles. The van der Waals surface area contributed by atoms with Crippen LogP contribution in [-0.2, 0) is 22.6 Å². The smallest absolute Gasteiger partial charge is 0.394 e. The summed E-state index contributed by atoms with van der Waals surface area (Å²) < 4.78 is 0. The van der Waals surface area contributed by atoms with Gasteiger partial charge in [0, 0.05) is 12.6 Å². The van der Waals surface area contributed by atoms with Crippen LogP contribution in [0.3, 0.4) is 0 Å². The average Bonchev–Trinajstić information content (AvgIpc) is 2.27. The van der Waals surface area contributed by atoms with Gasteiger partial charge in [-0.25, -0.2) is 4.79 Å². The molecule has 0 aromatic heterocycles. The molecule has 0 fully saturated rings. The van der Waals surface area contributed by atoms with Gasteiger partial charge in [-0.15, -0.1) is 0 Å². The van der Waals surface area contributed by atoms with Crippen molar-refractivity contribution in [1.82, 2.24) is 4.90 Å². The molecule has 1 N–H and O–H groups in total. The predicted molar refractivity (Wildman–Crippen MR) is 57.8 cm³/mol. The van der Waals surface area contributed by atoms with E-state index in [1.54, 1.807) is 0 Å². The van der Waals surface area contributed by atoms with Gasteiger partial charge in [0.25, 0.3) is 0 Å². The zero-order chi connectivity index (χ0) is 11.7. The van der Waals surface area contributed by atoms with E-state index in [-0.39, 0.29) is 6.04 Å². The standard InChI is InChI=1S/C12H13NO3/c1-8-6-9-4-2-3-5-10(9)7-13(8)11(14)12(15)16/h2-5,8H,6-7H2,1H3,(H,15,16). The Morgan fingerprint density at radius 3 is 2.56 bits per heavy atom. The van der Waals surface area contributed by atoms with Crippen molar-refractivity contribution in [3.8, 4) is 0 Å². The van der Waals surface area contributed by atoms with Crippen molar-refractivity contribution in [2.24, 2.45) is 0 Å². The lowest BCUT2D eigenvalue weighted by Gasteiger charge is -2.33. The molecule has 84 valence electrons. The van der Waals surface area contributed by atoms with Crippen LogP contribution >= 0.6 is 0 Å². The molecule has 4 nitrogen and oxygen atoms in total.